The maximum Gasteiger partial charge on any atom is 0.151 e. The molecule has 0 bridgehead atoms. The van der Waals surface area contributed by atoms with Crippen molar-refractivity contribution >= 4 is 11.6 Å². The van der Waals surface area contributed by atoms with Crippen molar-refractivity contribution in [3.8, 4) is 0 Å². The molecule has 0 amide bonds. The van der Waals surface area contributed by atoms with Crippen LogP contribution in [-0.2, 0) is 6.54 Å². The molecule has 0 unspecified atom stereocenters. The summed E-state index contributed by atoms with van der Waals surface area (Å²) in [5, 5.41) is 4.90. The zero-order valence-electron chi connectivity index (χ0n) is 10.9. The quantitative estimate of drug-likeness (QED) is 0.856. The highest BCUT2D eigenvalue weighted by atomic mass is 35.5. The molecule has 0 aliphatic carbocycles. The van der Waals surface area contributed by atoms with Gasteiger partial charge in [0.1, 0.15) is 0 Å². The molecule has 0 N–H and O–H groups in total. The van der Waals surface area contributed by atoms with E-state index in [1.807, 2.05) is 16.9 Å². The summed E-state index contributed by atoms with van der Waals surface area (Å²) in [4.78, 5) is 2.51. The van der Waals surface area contributed by atoms with Crippen LogP contribution in [0.2, 0.25) is 5.15 Å². The molecule has 100 valence electrons. The Labute approximate surface area is 118 Å². The van der Waals surface area contributed by atoms with Crippen LogP contribution in [-0.4, -0.2) is 27.8 Å². The first kappa shape index (κ1) is 12.7. The molecule has 19 heavy (non-hydrogen) atoms. The van der Waals surface area contributed by atoms with Gasteiger partial charge in [0.15, 0.2) is 5.15 Å². The smallest absolute Gasteiger partial charge is 0.151 e. The number of likely N-dealkylation sites (tertiary alicyclic amines) is 1. The van der Waals surface area contributed by atoms with E-state index in [0.29, 0.717) is 11.2 Å². The fourth-order valence-electron chi connectivity index (χ4n) is 2.70. The van der Waals surface area contributed by atoms with E-state index in [1.165, 1.54) is 5.56 Å². The Hall–Kier alpha value is -1.32. The molecule has 4 heteroatoms. The van der Waals surface area contributed by atoms with Gasteiger partial charge in [-0.15, -0.1) is 0 Å². The van der Waals surface area contributed by atoms with Gasteiger partial charge in [-0.05, 0) is 24.5 Å². The standard InChI is InChI=1S/C15H18ClN3/c16-15-8-11-19(17-15)14-6-9-18(10-7-14)12-13-4-2-1-3-5-13/h1-5,8,11,14H,6-7,9-10,12H2. The fraction of sp³-hybridized carbons (Fsp3) is 0.400. The van der Waals surface area contributed by atoms with Crippen LogP contribution in [0, 0.1) is 0 Å². The first-order valence-corrected chi connectivity index (χ1v) is 7.16. The van der Waals surface area contributed by atoms with Crippen LogP contribution in [0.5, 0.6) is 0 Å². The molecule has 0 saturated carbocycles. The van der Waals surface area contributed by atoms with Gasteiger partial charge in [-0.25, -0.2) is 0 Å². The zero-order valence-corrected chi connectivity index (χ0v) is 11.6. The van der Waals surface area contributed by atoms with Crippen LogP contribution < -0.4 is 0 Å². The third kappa shape index (κ3) is 3.17. The van der Waals surface area contributed by atoms with Crippen LogP contribution in [0.25, 0.3) is 0 Å². The SMILES string of the molecule is Clc1ccn(C2CCN(Cc3ccccc3)CC2)n1. The summed E-state index contributed by atoms with van der Waals surface area (Å²) in [5.74, 6) is 0. The second-order valence-electron chi connectivity index (χ2n) is 5.11. The van der Waals surface area contributed by atoms with Gasteiger partial charge < -0.3 is 0 Å². The van der Waals surface area contributed by atoms with Crippen molar-refractivity contribution < 1.29 is 0 Å². The molecule has 0 radical (unpaired) electrons. The number of aromatic nitrogens is 2. The number of hydrogen-bond donors (Lipinski definition) is 0. The molecule has 1 fully saturated rings. The minimum atomic E-state index is 0.500. The summed E-state index contributed by atoms with van der Waals surface area (Å²) < 4.78 is 2.02. The fourth-order valence-corrected chi connectivity index (χ4v) is 2.85. The number of piperidine rings is 1. The largest absolute Gasteiger partial charge is 0.299 e. The van der Waals surface area contributed by atoms with Crippen LogP contribution in [0.1, 0.15) is 24.4 Å². The monoisotopic (exact) mass is 275 g/mol. The molecule has 0 spiro atoms. The van der Waals surface area contributed by atoms with Crippen molar-refractivity contribution in [2.75, 3.05) is 13.1 Å². The molecule has 1 aromatic heterocycles. The van der Waals surface area contributed by atoms with Gasteiger partial charge in [0.25, 0.3) is 0 Å². The highest BCUT2D eigenvalue weighted by molar-refractivity contribution is 6.29. The Balaban J connectivity index is 1.55. The molecule has 3 nitrogen and oxygen atoms in total. The summed E-state index contributed by atoms with van der Waals surface area (Å²) in [6.45, 7) is 3.29. The number of nitrogens with zero attached hydrogens (tertiary/aromatic N) is 3. The molecule has 1 aliphatic heterocycles. The van der Waals surface area contributed by atoms with E-state index in [4.69, 9.17) is 11.6 Å². The lowest BCUT2D eigenvalue weighted by Crippen LogP contribution is -2.34. The maximum absolute atomic E-state index is 5.87. The van der Waals surface area contributed by atoms with E-state index in [0.717, 1.165) is 32.5 Å². The second kappa shape index (κ2) is 5.76. The minimum Gasteiger partial charge on any atom is -0.299 e. The molecule has 1 saturated heterocycles. The second-order valence-corrected chi connectivity index (χ2v) is 5.50. The Bertz CT molecular complexity index is 515. The minimum absolute atomic E-state index is 0.500. The maximum atomic E-state index is 5.87. The van der Waals surface area contributed by atoms with E-state index in [9.17, 15) is 0 Å². The van der Waals surface area contributed by atoms with Gasteiger partial charge in [-0.3, -0.25) is 9.58 Å². The van der Waals surface area contributed by atoms with Crippen molar-refractivity contribution in [2.45, 2.75) is 25.4 Å². The van der Waals surface area contributed by atoms with Gasteiger partial charge in [0.2, 0.25) is 0 Å². The Kier molecular flexibility index (Phi) is 3.85. The van der Waals surface area contributed by atoms with Crippen molar-refractivity contribution in [3.63, 3.8) is 0 Å². The Morgan fingerprint density at radius 3 is 2.47 bits per heavy atom. The molecule has 2 heterocycles. The molecule has 3 rings (SSSR count). The van der Waals surface area contributed by atoms with Gasteiger partial charge >= 0.3 is 0 Å². The van der Waals surface area contributed by atoms with Crippen molar-refractivity contribution in [2.24, 2.45) is 0 Å². The topological polar surface area (TPSA) is 21.1 Å². The van der Waals surface area contributed by atoms with Crippen LogP contribution >= 0.6 is 11.6 Å². The Morgan fingerprint density at radius 1 is 1.11 bits per heavy atom. The highest BCUT2D eigenvalue weighted by Gasteiger charge is 2.20. The molecular formula is C15H18ClN3. The number of benzene rings is 1. The molecular weight excluding hydrogens is 258 g/mol. The lowest BCUT2D eigenvalue weighted by molar-refractivity contribution is 0.173. The van der Waals surface area contributed by atoms with Crippen LogP contribution in [0.15, 0.2) is 42.6 Å². The van der Waals surface area contributed by atoms with E-state index in [2.05, 4.69) is 40.3 Å². The molecule has 2 aromatic rings. The number of rotatable bonds is 3. The van der Waals surface area contributed by atoms with E-state index < -0.39 is 0 Å². The predicted molar refractivity (Wildman–Crippen MR) is 77.2 cm³/mol. The van der Waals surface area contributed by atoms with Crippen LogP contribution in [0.4, 0.5) is 0 Å². The summed E-state index contributed by atoms with van der Waals surface area (Å²) in [6, 6.07) is 13.0. The third-order valence-corrected chi connectivity index (χ3v) is 3.96. The van der Waals surface area contributed by atoms with Crippen molar-refractivity contribution in [1.29, 1.82) is 0 Å². The lowest BCUT2D eigenvalue weighted by Gasteiger charge is -2.32. The number of halogens is 1. The summed E-state index contributed by atoms with van der Waals surface area (Å²) in [5.41, 5.74) is 1.39. The first-order chi connectivity index (χ1) is 9.31. The van der Waals surface area contributed by atoms with Crippen molar-refractivity contribution in [3.05, 3.63) is 53.3 Å². The average Bonchev–Trinajstić information content (AvgIpc) is 2.87. The molecule has 0 atom stereocenters. The molecule has 1 aromatic carbocycles. The van der Waals surface area contributed by atoms with E-state index >= 15 is 0 Å². The van der Waals surface area contributed by atoms with Gasteiger partial charge in [-0.1, -0.05) is 41.9 Å². The van der Waals surface area contributed by atoms with Gasteiger partial charge in [0.05, 0.1) is 6.04 Å². The average molecular weight is 276 g/mol. The predicted octanol–water partition coefficient (Wildman–Crippen LogP) is 3.37. The Morgan fingerprint density at radius 2 is 1.84 bits per heavy atom. The number of hydrogen-bond acceptors (Lipinski definition) is 2. The first-order valence-electron chi connectivity index (χ1n) is 6.78. The summed E-state index contributed by atoms with van der Waals surface area (Å²) >= 11 is 5.87. The zero-order chi connectivity index (χ0) is 13.1. The summed E-state index contributed by atoms with van der Waals surface area (Å²) in [7, 11) is 0. The van der Waals surface area contributed by atoms with Gasteiger partial charge in [0, 0.05) is 25.8 Å². The molecule has 1 aliphatic rings. The van der Waals surface area contributed by atoms with E-state index in [-0.39, 0.29) is 0 Å². The van der Waals surface area contributed by atoms with Crippen molar-refractivity contribution in [1.82, 2.24) is 14.7 Å². The highest BCUT2D eigenvalue weighted by Crippen LogP contribution is 2.23. The third-order valence-electron chi connectivity index (χ3n) is 3.76. The van der Waals surface area contributed by atoms with Gasteiger partial charge in [-0.2, -0.15) is 5.10 Å². The van der Waals surface area contributed by atoms with Crippen LogP contribution in [0.3, 0.4) is 0 Å². The lowest BCUT2D eigenvalue weighted by atomic mass is 10.0. The summed E-state index contributed by atoms with van der Waals surface area (Å²) in [6.07, 6.45) is 4.27. The van der Waals surface area contributed by atoms with E-state index in [1.54, 1.807) is 0 Å². The normalized spacial score (nSPS) is 17.7.